The maximum Gasteiger partial charge on any atom is 0.293 e. The summed E-state index contributed by atoms with van der Waals surface area (Å²) in [6.07, 6.45) is 3.25. The molecule has 1 aromatic rings. The molecule has 23 heavy (non-hydrogen) atoms. The molecule has 1 fully saturated rings. The molecule has 0 amide bonds. The van der Waals surface area contributed by atoms with Crippen LogP contribution in [0.3, 0.4) is 0 Å². The molecule has 1 unspecified atom stereocenters. The van der Waals surface area contributed by atoms with Crippen LogP contribution in [0.4, 0.5) is 11.4 Å². The minimum absolute atomic E-state index is 0.0501. The Balaban J connectivity index is 2.21. The molecule has 128 valence electrons. The van der Waals surface area contributed by atoms with Gasteiger partial charge < -0.3 is 10.6 Å². The molecule has 2 N–H and O–H groups in total. The van der Waals surface area contributed by atoms with Crippen LogP contribution in [0, 0.1) is 15.5 Å². The number of benzene rings is 1. The molecular formula is C15H23N3O4S. The highest BCUT2D eigenvalue weighted by atomic mass is 32.2. The van der Waals surface area contributed by atoms with Crippen molar-refractivity contribution in [1.82, 2.24) is 5.32 Å². The number of nitrogens with zero attached hydrogens (tertiary/aromatic N) is 1. The number of nitro benzene ring substituents is 1. The normalized spacial score (nSPS) is 20.9. The van der Waals surface area contributed by atoms with Gasteiger partial charge in [-0.25, -0.2) is 8.42 Å². The predicted molar refractivity (Wildman–Crippen MR) is 89.5 cm³/mol. The van der Waals surface area contributed by atoms with E-state index in [0.717, 1.165) is 31.7 Å². The number of rotatable bonds is 5. The number of piperidine rings is 1. The summed E-state index contributed by atoms with van der Waals surface area (Å²) in [4.78, 5) is 10.6. The lowest BCUT2D eigenvalue weighted by Gasteiger charge is -2.39. The highest BCUT2D eigenvalue weighted by molar-refractivity contribution is 7.90. The fourth-order valence-electron chi connectivity index (χ4n) is 2.87. The smallest absolute Gasteiger partial charge is 0.293 e. The van der Waals surface area contributed by atoms with E-state index in [1.54, 1.807) is 0 Å². The van der Waals surface area contributed by atoms with Gasteiger partial charge in [0.05, 0.1) is 9.82 Å². The van der Waals surface area contributed by atoms with Crippen molar-refractivity contribution in [2.45, 2.75) is 37.6 Å². The van der Waals surface area contributed by atoms with Gasteiger partial charge in [0.15, 0.2) is 9.84 Å². The molecule has 8 heteroatoms. The number of hydrogen-bond acceptors (Lipinski definition) is 6. The third-order valence-corrected chi connectivity index (χ3v) is 5.53. The van der Waals surface area contributed by atoms with Crippen molar-refractivity contribution >= 4 is 21.2 Å². The lowest BCUT2D eigenvalue weighted by Crippen LogP contribution is -2.50. The monoisotopic (exact) mass is 341 g/mol. The molecule has 1 saturated heterocycles. The Morgan fingerprint density at radius 1 is 1.43 bits per heavy atom. The van der Waals surface area contributed by atoms with Gasteiger partial charge in [0.1, 0.15) is 5.69 Å². The second-order valence-electron chi connectivity index (χ2n) is 6.69. The number of nitrogens with one attached hydrogen (secondary N) is 2. The van der Waals surface area contributed by atoms with E-state index in [1.807, 2.05) is 0 Å². The zero-order valence-electron chi connectivity index (χ0n) is 13.6. The van der Waals surface area contributed by atoms with Crippen LogP contribution in [0.25, 0.3) is 0 Å². The molecule has 2 rings (SSSR count). The standard InChI is InChI=1S/C15H23N3O4S/c1-15(2)7-4-8-16-14(15)10-17-12-6-5-11(23(3,21)22)9-13(12)18(19)20/h5-6,9,14,16-17H,4,7-8,10H2,1-3H3. The fraction of sp³-hybridized carbons (Fsp3) is 0.600. The van der Waals surface area contributed by atoms with Crippen LogP contribution in [-0.4, -0.2) is 38.7 Å². The van der Waals surface area contributed by atoms with Gasteiger partial charge in [-0.3, -0.25) is 10.1 Å². The van der Waals surface area contributed by atoms with E-state index in [1.165, 1.54) is 12.1 Å². The van der Waals surface area contributed by atoms with Crippen LogP contribution in [0.2, 0.25) is 0 Å². The topological polar surface area (TPSA) is 101 Å². The minimum Gasteiger partial charge on any atom is -0.378 e. The summed E-state index contributed by atoms with van der Waals surface area (Å²) >= 11 is 0. The molecule has 1 aliphatic heterocycles. The third kappa shape index (κ3) is 4.20. The first kappa shape index (κ1) is 17.7. The first-order valence-electron chi connectivity index (χ1n) is 7.57. The van der Waals surface area contributed by atoms with E-state index in [9.17, 15) is 18.5 Å². The van der Waals surface area contributed by atoms with Crippen molar-refractivity contribution in [2.24, 2.45) is 5.41 Å². The Morgan fingerprint density at radius 2 is 2.13 bits per heavy atom. The Kier molecular flexibility index (Phi) is 4.95. The molecule has 7 nitrogen and oxygen atoms in total. The molecule has 0 aliphatic carbocycles. The van der Waals surface area contributed by atoms with Crippen LogP contribution < -0.4 is 10.6 Å². The van der Waals surface area contributed by atoms with E-state index in [2.05, 4.69) is 24.5 Å². The van der Waals surface area contributed by atoms with Crippen molar-refractivity contribution in [2.75, 3.05) is 24.7 Å². The first-order valence-corrected chi connectivity index (χ1v) is 9.46. The highest BCUT2D eigenvalue weighted by Crippen LogP contribution is 2.32. The Bertz CT molecular complexity index is 701. The van der Waals surface area contributed by atoms with Crippen molar-refractivity contribution < 1.29 is 13.3 Å². The van der Waals surface area contributed by atoms with Gasteiger partial charge >= 0.3 is 0 Å². The maximum atomic E-state index is 11.6. The third-order valence-electron chi connectivity index (χ3n) is 4.42. The van der Waals surface area contributed by atoms with Crippen molar-refractivity contribution in [3.8, 4) is 0 Å². The van der Waals surface area contributed by atoms with Crippen molar-refractivity contribution in [3.63, 3.8) is 0 Å². The van der Waals surface area contributed by atoms with E-state index in [0.29, 0.717) is 12.2 Å². The number of nitro groups is 1. The largest absolute Gasteiger partial charge is 0.378 e. The summed E-state index contributed by atoms with van der Waals surface area (Å²) in [5.74, 6) is 0. The molecule has 0 spiro atoms. The van der Waals surface area contributed by atoms with Gasteiger partial charge in [-0.2, -0.15) is 0 Å². The minimum atomic E-state index is -3.47. The van der Waals surface area contributed by atoms with Crippen molar-refractivity contribution in [1.29, 1.82) is 0 Å². The average Bonchev–Trinajstić information content (AvgIpc) is 2.44. The summed E-state index contributed by atoms with van der Waals surface area (Å²) in [6.45, 7) is 5.83. The average molecular weight is 341 g/mol. The Morgan fingerprint density at radius 3 is 2.70 bits per heavy atom. The van der Waals surface area contributed by atoms with Gasteiger partial charge in [-0.15, -0.1) is 0 Å². The second kappa shape index (κ2) is 6.45. The zero-order valence-corrected chi connectivity index (χ0v) is 14.4. The summed E-state index contributed by atoms with van der Waals surface area (Å²) < 4.78 is 23.1. The highest BCUT2D eigenvalue weighted by Gasteiger charge is 2.32. The van der Waals surface area contributed by atoms with Gasteiger partial charge in [0, 0.05) is 24.9 Å². The van der Waals surface area contributed by atoms with Crippen molar-refractivity contribution in [3.05, 3.63) is 28.3 Å². The first-order chi connectivity index (χ1) is 10.6. The van der Waals surface area contributed by atoms with Crippen LogP contribution in [0.5, 0.6) is 0 Å². The summed E-state index contributed by atoms with van der Waals surface area (Å²) in [6, 6.07) is 4.16. The van der Waals surface area contributed by atoms with Gasteiger partial charge in [-0.05, 0) is 36.9 Å². The molecule has 0 bridgehead atoms. The Hall–Kier alpha value is -1.67. The molecule has 0 saturated carbocycles. The van der Waals surface area contributed by atoms with E-state index >= 15 is 0 Å². The van der Waals surface area contributed by atoms with E-state index in [4.69, 9.17) is 0 Å². The SMILES string of the molecule is CC1(C)CCCNC1CNc1ccc(S(C)(=O)=O)cc1[N+](=O)[O-]. The van der Waals surface area contributed by atoms with Crippen LogP contribution in [0.1, 0.15) is 26.7 Å². The molecule has 0 aromatic heterocycles. The quantitative estimate of drug-likeness (QED) is 0.629. The van der Waals surface area contributed by atoms with Gasteiger partial charge in [-0.1, -0.05) is 13.8 Å². The number of hydrogen-bond donors (Lipinski definition) is 2. The van der Waals surface area contributed by atoms with Crippen LogP contribution >= 0.6 is 0 Å². The lowest BCUT2D eigenvalue weighted by molar-refractivity contribution is -0.384. The summed E-state index contributed by atoms with van der Waals surface area (Å²) in [5.41, 5.74) is 0.222. The van der Waals surface area contributed by atoms with Crippen LogP contribution in [-0.2, 0) is 9.84 Å². The lowest BCUT2D eigenvalue weighted by atomic mass is 9.77. The molecule has 0 radical (unpaired) electrons. The summed E-state index contributed by atoms with van der Waals surface area (Å²) in [7, 11) is -3.47. The zero-order chi connectivity index (χ0) is 17.3. The predicted octanol–water partition coefficient (Wildman–Crippen LogP) is 2.19. The molecular weight excluding hydrogens is 318 g/mol. The fourth-order valence-corrected chi connectivity index (χ4v) is 3.51. The molecule has 1 aromatic carbocycles. The number of sulfone groups is 1. The second-order valence-corrected chi connectivity index (χ2v) is 8.70. The summed E-state index contributed by atoms with van der Waals surface area (Å²) in [5, 5.41) is 17.8. The van der Waals surface area contributed by atoms with E-state index < -0.39 is 14.8 Å². The maximum absolute atomic E-state index is 11.6. The van der Waals surface area contributed by atoms with Gasteiger partial charge in [0.2, 0.25) is 0 Å². The molecule has 1 heterocycles. The molecule has 1 atom stereocenters. The Labute approximate surface area is 136 Å². The van der Waals surface area contributed by atoms with Gasteiger partial charge in [0.25, 0.3) is 5.69 Å². The van der Waals surface area contributed by atoms with Crippen LogP contribution in [0.15, 0.2) is 23.1 Å². The molecule has 1 aliphatic rings. The van der Waals surface area contributed by atoms with E-state index in [-0.39, 0.29) is 22.0 Å². The number of anilines is 1.